The van der Waals surface area contributed by atoms with Gasteiger partial charge in [0.25, 0.3) is 0 Å². The van der Waals surface area contributed by atoms with Crippen molar-refractivity contribution in [3.63, 3.8) is 0 Å². The molecule has 0 fully saturated rings. The predicted molar refractivity (Wildman–Crippen MR) is 59.0 cm³/mol. The summed E-state index contributed by atoms with van der Waals surface area (Å²) in [5.41, 5.74) is 0.893. The second-order valence-electron chi connectivity index (χ2n) is 3.34. The van der Waals surface area contributed by atoms with Gasteiger partial charge in [-0.15, -0.1) is 0 Å². The van der Waals surface area contributed by atoms with Gasteiger partial charge in [-0.1, -0.05) is 18.2 Å². The Morgan fingerprint density at radius 2 is 2.00 bits per heavy atom. The van der Waals surface area contributed by atoms with Gasteiger partial charge < -0.3 is 4.57 Å². The van der Waals surface area contributed by atoms with E-state index in [1.807, 2.05) is 23.6 Å². The number of hydrogen-bond donors (Lipinski definition) is 1. The number of para-hydroxylation sites is 1. The van der Waals surface area contributed by atoms with Crippen LogP contribution in [0.1, 0.15) is 6.92 Å². The molecule has 0 spiro atoms. The molecule has 2 aromatic rings. The van der Waals surface area contributed by atoms with Crippen molar-refractivity contribution in [2.45, 2.75) is 18.4 Å². The fraction of sp³-hybridized carbons (Fsp3) is 0.200. The van der Waals surface area contributed by atoms with Crippen LogP contribution in [0, 0.1) is 0 Å². The van der Waals surface area contributed by atoms with E-state index >= 15 is 0 Å². The molecule has 80 valence electrons. The van der Waals surface area contributed by atoms with Crippen molar-refractivity contribution in [1.82, 2.24) is 4.57 Å². The van der Waals surface area contributed by atoms with E-state index in [0.717, 1.165) is 12.1 Å². The van der Waals surface area contributed by atoms with Crippen molar-refractivity contribution in [2.75, 3.05) is 0 Å². The van der Waals surface area contributed by atoms with Gasteiger partial charge in [0.2, 0.25) is 10.0 Å². The average Bonchev–Trinajstić information content (AvgIpc) is 2.55. The van der Waals surface area contributed by atoms with Crippen LogP contribution in [0.25, 0.3) is 10.9 Å². The minimum Gasteiger partial charge on any atom is -0.346 e. The summed E-state index contributed by atoms with van der Waals surface area (Å²) in [4.78, 5) is 0.194. The van der Waals surface area contributed by atoms with Crippen LogP contribution in [0.2, 0.25) is 0 Å². The van der Waals surface area contributed by atoms with E-state index in [-0.39, 0.29) is 4.90 Å². The van der Waals surface area contributed by atoms with Crippen LogP contribution in [-0.2, 0) is 16.6 Å². The minimum absolute atomic E-state index is 0.194. The van der Waals surface area contributed by atoms with Crippen molar-refractivity contribution in [1.29, 1.82) is 0 Å². The van der Waals surface area contributed by atoms with E-state index in [4.69, 9.17) is 5.14 Å². The Morgan fingerprint density at radius 3 is 2.60 bits per heavy atom. The van der Waals surface area contributed by atoms with Gasteiger partial charge in [-0.2, -0.15) is 0 Å². The van der Waals surface area contributed by atoms with Gasteiger partial charge >= 0.3 is 0 Å². The van der Waals surface area contributed by atoms with Gasteiger partial charge in [0.15, 0.2) is 0 Å². The second-order valence-corrected chi connectivity index (χ2v) is 4.87. The van der Waals surface area contributed by atoms with Gasteiger partial charge in [0.1, 0.15) is 4.90 Å². The number of nitrogens with two attached hydrogens (primary N) is 1. The Balaban J connectivity index is 2.88. The second kappa shape index (κ2) is 3.36. The maximum Gasteiger partial charge on any atom is 0.240 e. The molecule has 0 saturated heterocycles. The smallest absolute Gasteiger partial charge is 0.240 e. The molecule has 5 heteroatoms. The predicted octanol–water partition coefficient (Wildman–Crippen LogP) is 1.31. The first kappa shape index (κ1) is 10.2. The molecule has 0 aliphatic rings. The summed E-state index contributed by atoms with van der Waals surface area (Å²) in [6.45, 7) is 2.68. The lowest BCUT2D eigenvalue weighted by Crippen LogP contribution is -2.11. The first-order chi connectivity index (χ1) is 7.04. The topological polar surface area (TPSA) is 65.1 Å². The highest BCUT2D eigenvalue weighted by Crippen LogP contribution is 2.23. The Kier molecular flexibility index (Phi) is 2.28. The molecule has 2 rings (SSSR count). The third kappa shape index (κ3) is 1.64. The Bertz CT molecular complexity index is 599. The first-order valence-electron chi connectivity index (χ1n) is 4.64. The lowest BCUT2D eigenvalue weighted by molar-refractivity contribution is 0.598. The molecule has 0 bridgehead atoms. The number of primary sulfonamides is 1. The van der Waals surface area contributed by atoms with Crippen LogP contribution in [0.4, 0.5) is 0 Å². The highest BCUT2D eigenvalue weighted by Gasteiger charge is 2.15. The summed E-state index contributed by atoms with van der Waals surface area (Å²) in [6.07, 6.45) is 1.58. The van der Waals surface area contributed by atoms with E-state index < -0.39 is 10.0 Å². The molecule has 0 aliphatic carbocycles. The number of sulfonamides is 1. The average molecular weight is 224 g/mol. The van der Waals surface area contributed by atoms with Crippen molar-refractivity contribution in [3.8, 4) is 0 Å². The molecule has 1 heterocycles. The molecule has 0 aliphatic heterocycles. The molecule has 0 saturated carbocycles. The number of nitrogens with zero attached hydrogens (tertiary/aromatic N) is 1. The summed E-state index contributed by atoms with van der Waals surface area (Å²) in [5, 5.41) is 5.83. The minimum atomic E-state index is -3.64. The van der Waals surface area contributed by atoms with Crippen molar-refractivity contribution >= 4 is 20.9 Å². The van der Waals surface area contributed by atoms with Crippen molar-refractivity contribution in [3.05, 3.63) is 30.5 Å². The number of hydrogen-bond acceptors (Lipinski definition) is 2. The maximum atomic E-state index is 11.3. The summed E-state index contributed by atoms with van der Waals surface area (Å²) >= 11 is 0. The summed E-state index contributed by atoms with van der Waals surface area (Å²) in [7, 11) is -3.64. The van der Waals surface area contributed by atoms with Crippen LogP contribution in [0.5, 0.6) is 0 Å². The van der Waals surface area contributed by atoms with Gasteiger partial charge in [0, 0.05) is 23.6 Å². The molecule has 0 atom stereocenters. The van der Waals surface area contributed by atoms with E-state index in [1.165, 1.54) is 0 Å². The Labute approximate surface area is 88.4 Å². The zero-order valence-electron chi connectivity index (χ0n) is 8.34. The maximum absolute atomic E-state index is 11.3. The number of aryl methyl sites for hydroxylation is 1. The van der Waals surface area contributed by atoms with Crippen molar-refractivity contribution < 1.29 is 8.42 Å². The molecule has 1 aromatic carbocycles. The van der Waals surface area contributed by atoms with Gasteiger partial charge in [-0.05, 0) is 13.0 Å². The quantitative estimate of drug-likeness (QED) is 0.835. The SMILES string of the molecule is CCn1cc(S(N)(=O)=O)c2ccccc21. The number of aromatic nitrogens is 1. The van der Waals surface area contributed by atoms with Crippen LogP contribution in [0.3, 0.4) is 0 Å². The largest absolute Gasteiger partial charge is 0.346 e. The molecule has 4 nitrogen and oxygen atoms in total. The summed E-state index contributed by atoms with van der Waals surface area (Å²) in [6, 6.07) is 7.33. The fourth-order valence-electron chi connectivity index (χ4n) is 1.70. The molecule has 15 heavy (non-hydrogen) atoms. The molecule has 0 amide bonds. The Hall–Kier alpha value is -1.33. The standard InChI is InChI=1S/C10H12N2O2S/c1-2-12-7-10(15(11,13)14)8-5-3-4-6-9(8)12/h3-7H,2H2,1H3,(H2,11,13,14). The molecule has 0 radical (unpaired) electrons. The van der Waals surface area contributed by atoms with Gasteiger partial charge in [-0.3, -0.25) is 0 Å². The highest BCUT2D eigenvalue weighted by atomic mass is 32.2. The molecular weight excluding hydrogens is 212 g/mol. The van der Waals surface area contributed by atoms with E-state index in [1.54, 1.807) is 18.3 Å². The van der Waals surface area contributed by atoms with Gasteiger partial charge in [-0.25, -0.2) is 13.6 Å². The van der Waals surface area contributed by atoms with Gasteiger partial charge in [0.05, 0.1) is 0 Å². The zero-order valence-corrected chi connectivity index (χ0v) is 9.16. The lowest BCUT2D eigenvalue weighted by atomic mass is 10.2. The summed E-state index contributed by atoms with van der Waals surface area (Å²) < 4.78 is 24.6. The Morgan fingerprint density at radius 1 is 1.33 bits per heavy atom. The van der Waals surface area contributed by atoms with Crippen LogP contribution >= 0.6 is 0 Å². The highest BCUT2D eigenvalue weighted by molar-refractivity contribution is 7.89. The number of benzene rings is 1. The van der Waals surface area contributed by atoms with Crippen LogP contribution < -0.4 is 5.14 Å². The first-order valence-corrected chi connectivity index (χ1v) is 6.19. The van der Waals surface area contributed by atoms with Crippen molar-refractivity contribution in [2.24, 2.45) is 5.14 Å². The lowest BCUT2D eigenvalue weighted by Gasteiger charge is -1.97. The van der Waals surface area contributed by atoms with Crippen LogP contribution in [-0.4, -0.2) is 13.0 Å². The van der Waals surface area contributed by atoms with E-state index in [9.17, 15) is 8.42 Å². The molecule has 1 aromatic heterocycles. The number of fused-ring (bicyclic) bond motifs is 1. The normalized spacial score (nSPS) is 12.1. The molecular formula is C10H12N2O2S. The fourth-order valence-corrected chi connectivity index (χ4v) is 2.45. The monoisotopic (exact) mass is 224 g/mol. The van der Waals surface area contributed by atoms with Crippen LogP contribution in [0.15, 0.2) is 35.4 Å². The third-order valence-corrected chi connectivity index (χ3v) is 3.34. The zero-order chi connectivity index (χ0) is 11.1. The van der Waals surface area contributed by atoms with E-state index in [0.29, 0.717) is 5.39 Å². The number of rotatable bonds is 2. The molecule has 2 N–H and O–H groups in total. The van der Waals surface area contributed by atoms with E-state index in [2.05, 4.69) is 0 Å². The third-order valence-electron chi connectivity index (χ3n) is 2.40. The molecule has 0 unspecified atom stereocenters. The summed E-state index contributed by atoms with van der Waals surface area (Å²) in [5.74, 6) is 0.